The largest absolute Gasteiger partial charge is 0.389 e. The van der Waals surface area contributed by atoms with Gasteiger partial charge in [0.25, 0.3) is 0 Å². The first-order valence-electron chi connectivity index (χ1n) is 10.3. The lowest BCUT2D eigenvalue weighted by Crippen LogP contribution is -2.54. The zero-order valence-electron chi connectivity index (χ0n) is 15.4. The van der Waals surface area contributed by atoms with Gasteiger partial charge in [-0.25, -0.2) is 0 Å². The highest BCUT2D eigenvalue weighted by atomic mass is 16.3. The molecule has 0 aromatic rings. The smallest absolute Gasteiger partial charge is 0.0889 e. The summed E-state index contributed by atoms with van der Waals surface area (Å²) in [5, 5.41) is 21.5. The predicted octanol–water partition coefficient (Wildman–Crippen LogP) is 4.76. The lowest BCUT2D eigenvalue weighted by atomic mass is 9.50. The number of aliphatic hydroxyl groups is 2. The van der Waals surface area contributed by atoms with Gasteiger partial charge in [0.1, 0.15) is 0 Å². The number of unbranched alkanes of at least 4 members (excludes halogenated alkanes) is 1. The molecule has 24 heavy (non-hydrogen) atoms. The van der Waals surface area contributed by atoms with E-state index in [0.717, 1.165) is 37.2 Å². The molecule has 0 spiro atoms. The maximum atomic E-state index is 11.5. The summed E-state index contributed by atoms with van der Waals surface area (Å²) in [6.07, 6.45) is 15.4. The van der Waals surface area contributed by atoms with Crippen LogP contribution in [0.1, 0.15) is 78.1 Å². The van der Waals surface area contributed by atoms with Crippen LogP contribution in [0.2, 0.25) is 0 Å². The van der Waals surface area contributed by atoms with Crippen LogP contribution in [0.25, 0.3) is 0 Å². The highest BCUT2D eigenvalue weighted by molar-refractivity contribution is 5.31. The van der Waals surface area contributed by atoms with Crippen molar-refractivity contribution in [1.29, 1.82) is 0 Å². The van der Waals surface area contributed by atoms with Crippen LogP contribution in [0, 0.1) is 23.2 Å². The van der Waals surface area contributed by atoms with Crippen molar-refractivity contribution in [2.24, 2.45) is 23.2 Å². The first-order chi connectivity index (χ1) is 11.5. The molecule has 0 bridgehead atoms. The average molecular weight is 331 g/mol. The van der Waals surface area contributed by atoms with Crippen LogP contribution in [0.4, 0.5) is 0 Å². The fourth-order valence-electron chi connectivity index (χ4n) is 6.82. The van der Waals surface area contributed by atoms with Crippen LogP contribution in [0.5, 0.6) is 0 Å². The molecule has 134 valence electrons. The number of hydrogen-bond donors (Lipinski definition) is 2. The maximum absolute atomic E-state index is 11.5. The Morgan fingerprint density at radius 2 is 1.96 bits per heavy atom. The quantitative estimate of drug-likeness (QED) is 0.717. The summed E-state index contributed by atoms with van der Waals surface area (Å²) in [5.74, 6) is 1.86. The molecule has 0 aromatic carbocycles. The standard InChI is InChI=1S/C22H34O2/c1-3-4-5-15-7-9-19-18-8-6-16-14-17(23)10-13-22(16,24)20(18)11-12-21(15,19)2/h5,14,17-20,23-24H,3-4,6-13H2,1-2H3/b15-5-/t17-,18-,19-,20-,21+,22+/m0/s1. The minimum atomic E-state index is -0.612. The van der Waals surface area contributed by atoms with E-state index in [1.165, 1.54) is 38.5 Å². The summed E-state index contributed by atoms with van der Waals surface area (Å²) < 4.78 is 0. The molecule has 0 radical (unpaired) electrons. The fraction of sp³-hybridized carbons (Fsp3) is 0.818. The summed E-state index contributed by atoms with van der Waals surface area (Å²) >= 11 is 0. The third-order valence-electron chi connectivity index (χ3n) is 8.10. The Kier molecular flexibility index (Phi) is 4.20. The molecule has 2 heteroatoms. The van der Waals surface area contributed by atoms with E-state index in [4.69, 9.17) is 0 Å². The van der Waals surface area contributed by atoms with Crippen molar-refractivity contribution < 1.29 is 10.2 Å². The number of aliphatic hydroxyl groups excluding tert-OH is 1. The zero-order valence-corrected chi connectivity index (χ0v) is 15.4. The Hall–Kier alpha value is -0.600. The lowest BCUT2D eigenvalue weighted by molar-refractivity contribution is -0.101. The SMILES string of the molecule is CCC/C=C1/CC[C@H]2[C@@H]3CCC4=C[C@@H](O)CC[C@]4(O)[C@H]3CC[C@]12C. The van der Waals surface area contributed by atoms with E-state index in [1.807, 2.05) is 6.08 Å². The van der Waals surface area contributed by atoms with Gasteiger partial charge in [0.05, 0.1) is 11.7 Å². The van der Waals surface area contributed by atoms with Crippen LogP contribution in [-0.2, 0) is 0 Å². The van der Waals surface area contributed by atoms with Gasteiger partial charge in [-0.1, -0.05) is 38.0 Å². The monoisotopic (exact) mass is 330 g/mol. The Morgan fingerprint density at radius 3 is 2.75 bits per heavy atom. The van der Waals surface area contributed by atoms with Crippen molar-refractivity contribution in [1.82, 2.24) is 0 Å². The third kappa shape index (κ3) is 2.36. The molecule has 0 unspecified atom stereocenters. The second-order valence-corrected chi connectivity index (χ2v) is 9.15. The summed E-state index contributed by atoms with van der Waals surface area (Å²) in [6, 6.07) is 0. The molecule has 2 N–H and O–H groups in total. The van der Waals surface area contributed by atoms with Crippen molar-refractivity contribution >= 4 is 0 Å². The number of hydrogen-bond acceptors (Lipinski definition) is 2. The first kappa shape index (κ1) is 16.8. The topological polar surface area (TPSA) is 40.5 Å². The molecule has 4 aliphatic carbocycles. The van der Waals surface area contributed by atoms with Crippen molar-refractivity contribution in [3.8, 4) is 0 Å². The Balaban J connectivity index is 1.62. The number of fused-ring (bicyclic) bond motifs is 5. The van der Waals surface area contributed by atoms with Crippen LogP contribution >= 0.6 is 0 Å². The minimum Gasteiger partial charge on any atom is -0.389 e. The number of rotatable bonds is 2. The molecule has 4 rings (SSSR count). The molecule has 0 heterocycles. The van der Waals surface area contributed by atoms with E-state index in [9.17, 15) is 10.2 Å². The average Bonchev–Trinajstić information content (AvgIpc) is 2.90. The van der Waals surface area contributed by atoms with Gasteiger partial charge in [0.2, 0.25) is 0 Å². The zero-order chi connectivity index (χ0) is 16.9. The van der Waals surface area contributed by atoms with Gasteiger partial charge in [-0.05, 0) is 86.5 Å². The van der Waals surface area contributed by atoms with E-state index in [0.29, 0.717) is 17.3 Å². The van der Waals surface area contributed by atoms with Crippen molar-refractivity contribution in [3.63, 3.8) is 0 Å². The molecule has 3 fully saturated rings. The maximum Gasteiger partial charge on any atom is 0.0889 e. The predicted molar refractivity (Wildman–Crippen MR) is 97.5 cm³/mol. The molecule has 0 aromatic heterocycles. The van der Waals surface area contributed by atoms with E-state index >= 15 is 0 Å². The fourth-order valence-corrected chi connectivity index (χ4v) is 6.82. The Bertz CT molecular complexity index is 562. The number of allylic oxidation sites excluding steroid dienone is 2. The van der Waals surface area contributed by atoms with Crippen molar-refractivity contribution in [2.45, 2.75) is 89.8 Å². The highest BCUT2D eigenvalue weighted by Crippen LogP contribution is 2.64. The van der Waals surface area contributed by atoms with E-state index in [1.54, 1.807) is 5.57 Å². The van der Waals surface area contributed by atoms with Gasteiger partial charge in [-0.3, -0.25) is 0 Å². The molecule has 0 saturated heterocycles. The molecule has 6 atom stereocenters. The summed E-state index contributed by atoms with van der Waals surface area (Å²) in [5.41, 5.74) is 2.66. The second-order valence-electron chi connectivity index (χ2n) is 9.15. The summed E-state index contributed by atoms with van der Waals surface area (Å²) in [4.78, 5) is 0. The van der Waals surface area contributed by atoms with Crippen LogP contribution in [-0.4, -0.2) is 21.9 Å². The summed E-state index contributed by atoms with van der Waals surface area (Å²) in [7, 11) is 0. The minimum absolute atomic E-state index is 0.333. The Labute approximate surface area is 147 Å². The molecular weight excluding hydrogens is 296 g/mol. The van der Waals surface area contributed by atoms with Gasteiger partial charge in [0.15, 0.2) is 0 Å². The molecule has 3 saturated carbocycles. The van der Waals surface area contributed by atoms with Gasteiger partial charge < -0.3 is 10.2 Å². The van der Waals surface area contributed by atoms with Crippen molar-refractivity contribution in [2.75, 3.05) is 0 Å². The van der Waals surface area contributed by atoms with Crippen LogP contribution in [0.15, 0.2) is 23.3 Å². The first-order valence-corrected chi connectivity index (χ1v) is 10.3. The van der Waals surface area contributed by atoms with Gasteiger partial charge in [-0.2, -0.15) is 0 Å². The Morgan fingerprint density at radius 1 is 1.12 bits per heavy atom. The third-order valence-corrected chi connectivity index (χ3v) is 8.10. The lowest BCUT2D eigenvalue weighted by Gasteiger charge is -2.56. The van der Waals surface area contributed by atoms with E-state index < -0.39 is 5.60 Å². The van der Waals surface area contributed by atoms with Crippen LogP contribution in [0.3, 0.4) is 0 Å². The van der Waals surface area contributed by atoms with E-state index in [2.05, 4.69) is 19.9 Å². The van der Waals surface area contributed by atoms with E-state index in [-0.39, 0.29) is 6.10 Å². The second kappa shape index (κ2) is 5.99. The molecule has 4 aliphatic rings. The van der Waals surface area contributed by atoms with Crippen molar-refractivity contribution in [3.05, 3.63) is 23.3 Å². The summed E-state index contributed by atoms with van der Waals surface area (Å²) in [6.45, 7) is 4.78. The van der Waals surface area contributed by atoms with Gasteiger partial charge in [-0.15, -0.1) is 0 Å². The van der Waals surface area contributed by atoms with Crippen LogP contribution < -0.4 is 0 Å². The molecule has 0 aliphatic heterocycles. The molecular formula is C22H34O2. The highest BCUT2D eigenvalue weighted by Gasteiger charge is 2.58. The molecule has 0 amide bonds. The van der Waals surface area contributed by atoms with Gasteiger partial charge >= 0.3 is 0 Å². The molecule has 2 nitrogen and oxygen atoms in total. The normalized spacial score (nSPS) is 49.3. The van der Waals surface area contributed by atoms with Gasteiger partial charge in [0, 0.05) is 0 Å².